The summed E-state index contributed by atoms with van der Waals surface area (Å²) >= 11 is 1.50. The monoisotopic (exact) mass is 411 g/mol. The summed E-state index contributed by atoms with van der Waals surface area (Å²) in [7, 11) is 1.60. The molecular formula is C21H21N3O4S. The first-order chi connectivity index (χ1) is 14.1. The summed E-state index contributed by atoms with van der Waals surface area (Å²) in [5.41, 5.74) is 3.93. The van der Waals surface area contributed by atoms with Gasteiger partial charge in [-0.3, -0.25) is 9.59 Å². The van der Waals surface area contributed by atoms with Crippen molar-refractivity contribution in [2.45, 2.75) is 13.2 Å². The number of thiazole rings is 1. The van der Waals surface area contributed by atoms with Gasteiger partial charge in [-0.15, -0.1) is 11.3 Å². The molecule has 0 aliphatic heterocycles. The van der Waals surface area contributed by atoms with Crippen LogP contribution < -0.4 is 20.1 Å². The van der Waals surface area contributed by atoms with E-state index in [0.717, 1.165) is 17.0 Å². The third kappa shape index (κ3) is 6.32. The Labute approximate surface area is 172 Å². The molecule has 0 unspecified atom stereocenters. The molecule has 29 heavy (non-hydrogen) atoms. The minimum atomic E-state index is -0.344. The van der Waals surface area contributed by atoms with Crippen molar-refractivity contribution in [1.82, 2.24) is 15.6 Å². The number of aromatic nitrogens is 1. The maximum absolute atomic E-state index is 12.3. The molecule has 2 aromatic carbocycles. The quantitative estimate of drug-likeness (QED) is 0.565. The molecule has 7 nitrogen and oxygen atoms in total. The molecule has 0 aliphatic rings. The number of hydrogen-bond donors (Lipinski definition) is 2. The molecule has 2 amide bonds. The van der Waals surface area contributed by atoms with Gasteiger partial charge in [0, 0.05) is 17.5 Å². The largest absolute Gasteiger partial charge is 0.497 e. The van der Waals surface area contributed by atoms with Crippen LogP contribution in [0, 0.1) is 0 Å². The van der Waals surface area contributed by atoms with Gasteiger partial charge >= 0.3 is 0 Å². The van der Waals surface area contributed by atoms with E-state index in [1.807, 2.05) is 29.6 Å². The molecule has 0 aliphatic carbocycles. The SMILES string of the molecule is COc1ccc(CNC(=O)CNC(=O)c2cccc(OCc3cscn3)c2)cc1. The van der Waals surface area contributed by atoms with Crippen LogP contribution in [0.1, 0.15) is 21.6 Å². The molecule has 0 spiro atoms. The van der Waals surface area contributed by atoms with Gasteiger partial charge in [0.25, 0.3) is 5.91 Å². The normalized spacial score (nSPS) is 10.2. The highest BCUT2D eigenvalue weighted by molar-refractivity contribution is 7.07. The highest BCUT2D eigenvalue weighted by Crippen LogP contribution is 2.15. The first-order valence-corrected chi connectivity index (χ1v) is 9.86. The lowest BCUT2D eigenvalue weighted by Crippen LogP contribution is -2.36. The maximum Gasteiger partial charge on any atom is 0.251 e. The summed E-state index contributed by atoms with van der Waals surface area (Å²) in [6.45, 7) is 0.597. The fraction of sp³-hybridized carbons (Fsp3) is 0.190. The van der Waals surface area contributed by atoms with Gasteiger partial charge in [-0.05, 0) is 35.9 Å². The average molecular weight is 411 g/mol. The van der Waals surface area contributed by atoms with E-state index in [1.165, 1.54) is 11.3 Å². The number of hydrogen-bond acceptors (Lipinski definition) is 6. The van der Waals surface area contributed by atoms with Gasteiger partial charge in [0.15, 0.2) is 0 Å². The summed E-state index contributed by atoms with van der Waals surface area (Å²) in [5.74, 6) is 0.702. The summed E-state index contributed by atoms with van der Waals surface area (Å²) in [6, 6.07) is 14.2. The van der Waals surface area contributed by atoms with Crippen LogP contribution in [0.3, 0.4) is 0 Å². The number of ether oxygens (including phenoxy) is 2. The second-order valence-corrected chi connectivity index (χ2v) is 6.82. The Balaban J connectivity index is 1.44. The van der Waals surface area contributed by atoms with Crippen LogP contribution in [-0.2, 0) is 17.9 Å². The molecule has 2 N–H and O–H groups in total. The maximum atomic E-state index is 12.3. The van der Waals surface area contributed by atoms with Crippen molar-refractivity contribution in [3.8, 4) is 11.5 Å². The van der Waals surface area contributed by atoms with Crippen molar-refractivity contribution in [2.75, 3.05) is 13.7 Å². The number of carbonyl (C=O) groups excluding carboxylic acids is 2. The molecule has 3 aromatic rings. The number of carbonyl (C=O) groups is 2. The van der Waals surface area contributed by atoms with E-state index < -0.39 is 0 Å². The predicted octanol–water partition coefficient (Wildman–Crippen LogP) is 2.78. The van der Waals surface area contributed by atoms with Crippen molar-refractivity contribution >= 4 is 23.2 Å². The van der Waals surface area contributed by atoms with E-state index in [2.05, 4.69) is 15.6 Å². The predicted molar refractivity (Wildman–Crippen MR) is 110 cm³/mol. The summed E-state index contributed by atoms with van der Waals surface area (Å²) in [6.07, 6.45) is 0. The lowest BCUT2D eigenvalue weighted by Gasteiger charge is -2.09. The van der Waals surface area contributed by atoms with Crippen molar-refractivity contribution in [1.29, 1.82) is 0 Å². The van der Waals surface area contributed by atoms with Crippen LogP contribution in [-0.4, -0.2) is 30.5 Å². The van der Waals surface area contributed by atoms with Gasteiger partial charge in [0.05, 0.1) is 24.9 Å². The van der Waals surface area contributed by atoms with Gasteiger partial charge in [-0.25, -0.2) is 4.98 Å². The molecule has 150 valence electrons. The van der Waals surface area contributed by atoms with E-state index >= 15 is 0 Å². The van der Waals surface area contributed by atoms with Crippen molar-refractivity contribution in [3.63, 3.8) is 0 Å². The molecule has 0 saturated carbocycles. The molecule has 8 heteroatoms. The molecule has 1 heterocycles. The number of rotatable bonds is 9. The fourth-order valence-corrected chi connectivity index (χ4v) is 3.01. The third-order valence-electron chi connectivity index (χ3n) is 4.02. The molecule has 3 rings (SSSR count). The Morgan fingerprint density at radius 2 is 1.90 bits per heavy atom. The van der Waals surface area contributed by atoms with Crippen LogP contribution in [0.5, 0.6) is 11.5 Å². The molecular weight excluding hydrogens is 390 g/mol. The van der Waals surface area contributed by atoms with Crippen molar-refractivity contribution in [3.05, 3.63) is 76.2 Å². The summed E-state index contributed by atoms with van der Waals surface area (Å²) < 4.78 is 10.7. The lowest BCUT2D eigenvalue weighted by atomic mass is 10.2. The number of amides is 2. The van der Waals surface area contributed by atoms with E-state index in [1.54, 1.807) is 36.9 Å². The van der Waals surface area contributed by atoms with Gasteiger partial charge in [-0.2, -0.15) is 0 Å². The molecule has 0 bridgehead atoms. The topological polar surface area (TPSA) is 89.6 Å². The van der Waals surface area contributed by atoms with Crippen LogP contribution in [0.4, 0.5) is 0 Å². The van der Waals surface area contributed by atoms with Crippen LogP contribution in [0.2, 0.25) is 0 Å². The van der Waals surface area contributed by atoms with Gasteiger partial charge in [-0.1, -0.05) is 18.2 Å². The third-order valence-corrected chi connectivity index (χ3v) is 4.66. The number of benzene rings is 2. The smallest absolute Gasteiger partial charge is 0.251 e. The van der Waals surface area contributed by atoms with Crippen LogP contribution >= 0.6 is 11.3 Å². The van der Waals surface area contributed by atoms with Gasteiger partial charge in [0.2, 0.25) is 5.91 Å². The van der Waals surface area contributed by atoms with E-state index in [9.17, 15) is 9.59 Å². The molecule has 0 atom stereocenters. The first-order valence-electron chi connectivity index (χ1n) is 8.92. The second-order valence-electron chi connectivity index (χ2n) is 6.10. The molecule has 0 fully saturated rings. The first kappa shape index (κ1) is 20.3. The Morgan fingerprint density at radius 3 is 2.62 bits per heavy atom. The Hall–Kier alpha value is -3.39. The fourth-order valence-electron chi connectivity index (χ4n) is 2.46. The summed E-state index contributed by atoms with van der Waals surface area (Å²) in [5, 5.41) is 7.28. The Kier molecular flexibility index (Phi) is 7.18. The van der Waals surface area contributed by atoms with E-state index in [4.69, 9.17) is 9.47 Å². The number of nitrogens with one attached hydrogen (secondary N) is 2. The minimum absolute atomic E-state index is 0.112. The minimum Gasteiger partial charge on any atom is -0.497 e. The average Bonchev–Trinajstić information content (AvgIpc) is 3.29. The standard InChI is InChI=1S/C21H21N3O4S/c1-27-18-7-5-15(6-8-18)10-22-20(25)11-23-21(26)16-3-2-4-19(9-16)28-12-17-13-29-14-24-17/h2-9,13-14H,10-12H2,1H3,(H,22,25)(H,23,26). The number of methoxy groups -OCH3 is 1. The van der Waals surface area contributed by atoms with Crippen molar-refractivity contribution in [2.24, 2.45) is 0 Å². The molecule has 0 radical (unpaired) electrons. The second kappa shape index (κ2) is 10.2. The summed E-state index contributed by atoms with van der Waals surface area (Å²) in [4.78, 5) is 28.5. The lowest BCUT2D eigenvalue weighted by molar-refractivity contribution is -0.120. The van der Waals surface area contributed by atoms with E-state index in [-0.39, 0.29) is 18.4 Å². The zero-order valence-corrected chi connectivity index (χ0v) is 16.7. The number of nitrogens with zero attached hydrogens (tertiary/aromatic N) is 1. The highest BCUT2D eigenvalue weighted by atomic mass is 32.1. The van der Waals surface area contributed by atoms with Gasteiger partial charge < -0.3 is 20.1 Å². The highest BCUT2D eigenvalue weighted by Gasteiger charge is 2.09. The van der Waals surface area contributed by atoms with Crippen LogP contribution in [0.25, 0.3) is 0 Å². The Morgan fingerprint density at radius 1 is 1.07 bits per heavy atom. The Bertz CT molecular complexity index is 943. The molecule has 0 saturated heterocycles. The van der Waals surface area contributed by atoms with Gasteiger partial charge in [0.1, 0.15) is 18.1 Å². The van der Waals surface area contributed by atoms with E-state index in [0.29, 0.717) is 24.5 Å². The van der Waals surface area contributed by atoms with Crippen LogP contribution in [0.15, 0.2) is 59.4 Å². The zero-order chi connectivity index (χ0) is 20.5. The van der Waals surface area contributed by atoms with Crippen molar-refractivity contribution < 1.29 is 19.1 Å². The molecule has 1 aromatic heterocycles. The zero-order valence-electron chi connectivity index (χ0n) is 15.9.